The van der Waals surface area contributed by atoms with Crippen molar-refractivity contribution in [3.63, 3.8) is 0 Å². The maximum absolute atomic E-state index is 11.6. The molecule has 122 valence electrons. The minimum absolute atomic E-state index is 0.131. The number of carboxylic acids is 1. The van der Waals surface area contributed by atoms with E-state index in [9.17, 15) is 19.5 Å². The van der Waals surface area contributed by atoms with Crippen molar-refractivity contribution in [2.24, 2.45) is 5.92 Å². The van der Waals surface area contributed by atoms with E-state index in [1.54, 1.807) is 13.8 Å². The van der Waals surface area contributed by atoms with Gasteiger partial charge in [-0.3, -0.25) is 14.4 Å². The first-order valence-electron chi connectivity index (χ1n) is 7.17. The minimum atomic E-state index is -1.17. The van der Waals surface area contributed by atoms with Crippen molar-refractivity contribution >= 4 is 17.9 Å². The van der Waals surface area contributed by atoms with Gasteiger partial charge in [0.15, 0.2) is 5.76 Å². The molecule has 0 amide bonds. The number of esters is 2. The van der Waals surface area contributed by atoms with Gasteiger partial charge in [0.1, 0.15) is 5.76 Å². The lowest BCUT2D eigenvalue weighted by atomic mass is 9.97. The zero-order chi connectivity index (χ0) is 16.7. The van der Waals surface area contributed by atoms with Gasteiger partial charge in [0.2, 0.25) is 5.76 Å². The average molecular weight is 312 g/mol. The van der Waals surface area contributed by atoms with Crippen LogP contribution < -0.4 is 0 Å². The van der Waals surface area contributed by atoms with Crippen LogP contribution in [0.4, 0.5) is 0 Å². The molecule has 2 N–H and O–H groups in total. The second-order valence-corrected chi connectivity index (χ2v) is 4.90. The molecule has 1 unspecified atom stereocenters. The smallest absolute Gasteiger partial charge is 0.311 e. The topological polar surface area (TPSA) is 110 Å². The van der Waals surface area contributed by atoms with Crippen molar-refractivity contribution in [1.82, 2.24) is 0 Å². The van der Waals surface area contributed by atoms with Crippen LogP contribution in [0.15, 0.2) is 23.4 Å². The van der Waals surface area contributed by atoms with Gasteiger partial charge in [-0.15, -0.1) is 0 Å². The Morgan fingerprint density at radius 1 is 1.14 bits per heavy atom. The van der Waals surface area contributed by atoms with Crippen LogP contribution in [0.5, 0.6) is 0 Å². The van der Waals surface area contributed by atoms with Gasteiger partial charge in [-0.1, -0.05) is 13.8 Å². The van der Waals surface area contributed by atoms with Crippen molar-refractivity contribution in [3.05, 3.63) is 23.4 Å². The first kappa shape index (κ1) is 17.7. The van der Waals surface area contributed by atoms with Gasteiger partial charge >= 0.3 is 17.9 Å². The minimum Gasteiger partial charge on any atom is -0.508 e. The molecule has 0 aromatic carbocycles. The standard InChI is InChI=1S/C15H20O7/c1-3-5-12(17)21-11-8-9(15(19)20)7-10(16)14(11)22-13(18)6-4-2/h8-9,16H,3-7H2,1-2H3,(H,19,20). The van der Waals surface area contributed by atoms with Crippen LogP contribution in [0.3, 0.4) is 0 Å². The van der Waals surface area contributed by atoms with Crippen LogP contribution in [0.25, 0.3) is 0 Å². The molecule has 0 aliphatic heterocycles. The third kappa shape index (κ3) is 4.91. The van der Waals surface area contributed by atoms with Crippen LogP contribution in [-0.4, -0.2) is 28.1 Å². The largest absolute Gasteiger partial charge is 0.508 e. The molecular formula is C15H20O7. The number of hydrogen-bond donors (Lipinski definition) is 2. The number of aliphatic hydroxyl groups is 1. The summed E-state index contributed by atoms with van der Waals surface area (Å²) in [5, 5.41) is 19.0. The molecule has 1 aliphatic carbocycles. The normalized spacial score (nSPS) is 17.7. The van der Waals surface area contributed by atoms with E-state index in [0.29, 0.717) is 12.8 Å². The number of hydrogen-bond acceptors (Lipinski definition) is 6. The second-order valence-electron chi connectivity index (χ2n) is 4.90. The molecule has 0 heterocycles. The van der Waals surface area contributed by atoms with E-state index in [4.69, 9.17) is 14.6 Å². The van der Waals surface area contributed by atoms with Gasteiger partial charge in [0.05, 0.1) is 5.92 Å². The summed E-state index contributed by atoms with van der Waals surface area (Å²) in [6.45, 7) is 3.57. The number of rotatable bonds is 7. The highest BCUT2D eigenvalue weighted by molar-refractivity contribution is 5.76. The number of carbonyl (C=O) groups excluding carboxylic acids is 2. The zero-order valence-corrected chi connectivity index (χ0v) is 12.6. The lowest BCUT2D eigenvalue weighted by Gasteiger charge is -2.21. The summed E-state index contributed by atoms with van der Waals surface area (Å²) in [6, 6.07) is 0. The van der Waals surface area contributed by atoms with Crippen LogP contribution in [0.2, 0.25) is 0 Å². The Morgan fingerprint density at radius 3 is 2.18 bits per heavy atom. The predicted octanol–water partition coefficient (Wildman–Crippen LogP) is 2.43. The SMILES string of the molecule is CCCC(=O)OC1=CC(C(=O)O)CC(O)=C1OC(=O)CCC. The summed E-state index contributed by atoms with van der Waals surface area (Å²) in [5.74, 6) is -4.31. The molecule has 0 aromatic heterocycles. The second kappa shape index (κ2) is 8.21. The van der Waals surface area contributed by atoms with Crippen molar-refractivity contribution < 1.29 is 34.1 Å². The third-order valence-electron chi connectivity index (χ3n) is 2.92. The molecule has 1 atom stereocenters. The van der Waals surface area contributed by atoms with E-state index >= 15 is 0 Å². The van der Waals surface area contributed by atoms with E-state index in [0.717, 1.165) is 0 Å². The van der Waals surface area contributed by atoms with Crippen LogP contribution >= 0.6 is 0 Å². The molecular weight excluding hydrogens is 292 g/mol. The summed E-state index contributed by atoms with van der Waals surface area (Å²) < 4.78 is 10.1. The zero-order valence-electron chi connectivity index (χ0n) is 12.6. The van der Waals surface area contributed by atoms with E-state index in [1.807, 2.05) is 0 Å². The van der Waals surface area contributed by atoms with Crippen LogP contribution in [0.1, 0.15) is 46.0 Å². The summed E-state index contributed by atoms with van der Waals surface area (Å²) in [6.07, 6.45) is 2.32. The number of carboxylic acid groups (broad SMARTS) is 1. The average Bonchev–Trinajstić information content (AvgIpc) is 2.42. The van der Waals surface area contributed by atoms with E-state index in [-0.39, 0.29) is 30.8 Å². The fourth-order valence-corrected chi connectivity index (χ4v) is 1.86. The van der Waals surface area contributed by atoms with Crippen LogP contribution in [-0.2, 0) is 23.9 Å². The van der Waals surface area contributed by atoms with Crippen molar-refractivity contribution in [2.75, 3.05) is 0 Å². The summed E-state index contributed by atoms with van der Waals surface area (Å²) in [5.41, 5.74) is 0. The first-order valence-corrected chi connectivity index (χ1v) is 7.17. The lowest BCUT2D eigenvalue weighted by molar-refractivity contribution is -0.145. The van der Waals surface area contributed by atoms with Crippen molar-refractivity contribution in [1.29, 1.82) is 0 Å². The number of aliphatic carboxylic acids is 1. The van der Waals surface area contributed by atoms with E-state index in [2.05, 4.69) is 0 Å². The Morgan fingerprint density at radius 2 is 1.68 bits per heavy atom. The Kier molecular flexibility index (Phi) is 6.62. The molecule has 0 saturated carbocycles. The maximum atomic E-state index is 11.6. The highest BCUT2D eigenvalue weighted by atomic mass is 16.6. The molecule has 7 heteroatoms. The highest BCUT2D eigenvalue weighted by Crippen LogP contribution is 2.30. The molecule has 0 radical (unpaired) electrons. The monoisotopic (exact) mass is 312 g/mol. The molecule has 7 nitrogen and oxygen atoms in total. The van der Waals surface area contributed by atoms with E-state index < -0.39 is 29.6 Å². The predicted molar refractivity (Wildman–Crippen MR) is 75.5 cm³/mol. The Bertz CT molecular complexity index is 516. The molecule has 0 saturated heterocycles. The third-order valence-corrected chi connectivity index (χ3v) is 2.92. The Hall–Kier alpha value is -2.31. The number of allylic oxidation sites excluding steroid dienone is 1. The van der Waals surface area contributed by atoms with Crippen molar-refractivity contribution in [2.45, 2.75) is 46.0 Å². The maximum Gasteiger partial charge on any atom is 0.311 e. The van der Waals surface area contributed by atoms with Crippen LogP contribution in [0, 0.1) is 5.92 Å². The molecule has 0 fully saturated rings. The van der Waals surface area contributed by atoms with Gasteiger partial charge < -0.3 is 19.7 Å². The molecule has 0 bridgehead atoms. The summed E-state index contributed by atoms with van der Waals surface area (Å²) in [4.78, 5) is 34.2. The van der Waals surface area contributed by atoms with Gasteiger partial charge in [0, 0.05) is 19.3 Å². The fraction of sp³-hybridized carbons (Fsp3) is 0.533. The number of aliphatic hydroxyl groups excluding tert-OH is 1. The quantitative estimate of drug-likeness (QED) is 0.694. The van der Waals surface area contributed by atoms with Crippen molar-refractivity contribution in [3.8, 4) is 0 Å². The van der Waals surface area contributed by atoms with Gasteiger partial charge in [-0.2, -0.15) is 0 Å². The number of carbonyl (C=O) groups is 3. The molecule has 0 spiro atoms. The van der Waals surface area contributed by atoms with Gasteiger partial charge in [-0.25, -0.2) is 0 Å². The Labute approximate surface area is 128 Å². The summed E-state index contributed by atoms with van der Waals surface area (Å²) >= 11 is 0. The fourth-order valence-electron chi connectivity index (χ4n) is 1.86. The molecule has 1 aliphatic rings. The first-order chi connectivity index (χ1) is 10.4. The number of ether oxygens (including phenoxy) is 2. The summed E-state index contributed by atoms with van der Waals surface area (Å²) in [7, 11) is 0. The lowest BCUT2D eigenvalue weighted by Crippen LogP contribution is -2.22. The van der Waals surface area contributed by atoms with E-state index in [1.165, 1.54) is 6.08 Å². The highest BCUT2D eigenvalue weighted by Gasteiger charge is 2.31. The molecule has 22 heavy (non-hydrogen) atoms. The van der Waals surface area contributed by atoms with Gasteiger partial charge in [0.25, 0.3) is 0 Å². The Balaban J connectivity index is 3.00. The molecule has 1 rings (SSSR count). The molecule has 0 aromatic rings. The van der Waals surface area contributed by atoms with Gasteiger partial charge in [-0.05, 0) is 18.9 Å².